The molecule has 1 aliphatic rings. The molecule has 0 bridgehead atoms. The van der Waals surface area contributed by atoms with Crippen molar-refractivity contribution in [1.29, 1.82) is 0 Å². The number of methoxy groups -OCH3 is 2. The van der Waals surface area contributed by atoms with E-state index in [0.29, 0.717) is 0 Å². The van der Waals surface area contributed by atoms with Crippen molar-refractivity contribution in [3.8, 4) is 0 Å². The minimum absolute atomic E-state index is 0.0459. The first-order valence-corrected chi connectivity index (χ1v) is 10.8. The highest BCUT2D eigenvalue weighted by molar-refractivity contribution is 5.80. The largest absolute Gasteiger partial charge is 0.469 e. The summed E-state index contributed by atoms with van der Waals surface area (Å²) in [5.74, 6) is -0.689. The fourth-order valence-electron chi connectivity index (χ4n) is 4.16. The van der Waals surface area contributed by atoms with Crippen LogP contribution in [0.3, 0.4) is 0 Å². The van der Waals surface area contributed by atoms with Crippen molar-refractivity contribution in [2.24, 2.45) is 11.3 Å². The Labute approximate surface area is 175 Å². The quantitative estimate of drug-likeness (QED) is 0.258. The van der Waals surface area contributed by atoms with Crippen molar-refractivity contribution < 1.29 is 29.3 Å². The summed E-state index contributed by atoms with van der Waals surface area (Å²) in [5.41, 5.74) is -1.06. The molecule has 29 heavy (non-hydrogen) atoms. The van der Waals surface area contributed by atoms with Crippen LogP contribution in [0.15, 0.2) is 24.3 Å². The number of carbonyl (C=O) groups is 2. The maximum Gasteiger partial charge on any atom is 0.318 e. The molecule has 6 nitrogen and oxygen atoms in total. The van der Waals surface area contributed by atoms with Crippen molar-refractivity contribution >= 4 is 11.9 Å². The lowest BCUT2D eigenvalue weighted by Gasteiger charge is -2.37. The Kier molecular flexibility index (Phi) is 12.6. The molecule has 0 saturated heterocycles. The molecular formula is C23H38O6. The lowest BCUT2D eigenvalue weighted by Crippen LogP contribution is -2.47. The third-order valence-electron chi connectivity index (χ3n) is 5.83. The van der Waals surface area contributed by atoms with Crippen LogP contribution < -0.4 is 0 Å². The lowest BCUT2D eigenvalue weighted by atomic mass is 9.68. The molecule has 0 amide bonds. The van der Waals surface area contributed by atoms with Crippen LogP contribution in [0.1, 0.15) is 70.6 Å². The van der Waals surface area contributed by atoms with Crippen LogP contribution >= 0.6 is 0 Å². The molecule has 0 aromatic rings. The molecular weight excluding hydrogens is 372 g/mol. The van der Waals surface area contributed by atoms with Crippen LogP contribution in [-0.4, -0.2) is 49.1 Å². The molecule has 1 aliphatic carbocycles. The zero-order valence-electron chi connectivity index (χ0n) is 18.0. The maximum atomic E-state index is 12.9. The average Bonchev–Trinajstić information content (AvgIpc) is 3.27. The molecule has 0 aromatic carbocycles. The maximum absolute atomic E-state index is 12.9. The zero-order chi connectivity index (χ0) is 21.5. The first kappa shape index (κ1) is 25.4. The fourth-order valence-corrected chi connectivity index (χ4v) is 4.16. The van der Waals surface area contributed by atoms with Gasteiger partial charge >= 0.3 is 11.9 Å². The summed E-state index contributed by atoms with van der Waals surface area (Å²) >= 11 is 0. The van der Waals surface area contributed by atoms with Crippen LogP contribution in [0.2, 0.25) is 0 Å². The van der Waals surface area contributed by atoms with Gasteiger partial charge in [0.15, 0.2) is 0 Å². The van der Waals surface area contributed by atoms with Gasteiger partial charge in [0, 0.05) is 6.61 Å². The van der Waals surface area contributed by atoms with Gasteiger partial charge in [-0.25, -0.2) is 0 Å². The minimum Gasteiger partial charge on any atom is -0.469 e. The van der Waals surface area contributed by atoms with Crippen LogP contribution in [0.25, 0.3) is 0 Å². The van der Waals surface area contributed by atoms with E-state index in [4.69, 9.17) is 9.84 Å². The Balaban J connectivity index is 2.89. The standard InChI is InChI=1S/C23H38O6/c1-28-21(26)16-10-9-15-20(25)23(22(27)29-2,19-13-7-8-14-19)17-11-5-3-4-6-12-18-24/h9-11,17,19-20,24-25H,3-8,12-16,18H2,1-2H3/b10-9+,17-11?/t20-,23-/m1/s1. The Morgan fingerprint density at radius 1 is 1.03 bits per heavy atom. The van der Waals surface area contributed by atoms with Crippen molar-refractivity contribution in [3.05, 3.63) is 24.3 Å². The molecule has 2 atom stereocenters. The molecule has 0 spiro atoms. The molecule has 1 saturated carbocycles. The Hall–Kier alpha value is -1.66. The van der Waals surface area contributed by atoms with Crippen molar-refractivity contribution in [2.45, 2.75) is 76.7 Å². The van der Waals surface area contributed by atoms with E-state index >= 15 is 0 Å². The summed E-state index contributed by atoms with van der Waals surface area (Å²) < 4.78 is 9.76. The predicted molar refractivity (Wildman–Crippen MR) is 112 cm³/mol. The number of rotatable bonds is 14. The highest BCUT2D eigenvalue weighted by Crippen LogP contribution is 2.45. The monoisotopic (exact) mass is 410 g/mol. The summed E-state index contributed by atoms with van der Waals surface area (Å²) in [6.45, 7) is 0.221. The van der Waals surface area contributed by atoms with Crippen LogP contribution in [0.4, 0.5) is 0 Å². The first-order valence-electron chi connectivity index (χ1n) is 10.8. The third kappa shape index (κ3) is 7.94. The number of ether oxygens (including phenoxy) is 2. The van der Waals surface area contributed by atoms with E-state index < -0.39 is 17.5 Å². The number of aliphatic hydroxyl groups excluding tert-OH is 2. The highest BCUT2D eigenvalue weighted by atomic mass is 16.5. The van der Waals surface area contributed by atoms with Crippen LogP contribution in [-0.2, 0) is 19.1 Å². The summed E-state index contributed by atoms with van der Waals surface area (Å²) in [6, 6.07) is 0. The van der Waals surface area contributed by atoms with Crippen molar-refractivity contribution in [3.63, 3.8) is 0 Å². The molecule has 166 valence electrons. The summed E-state index contributed by atoms with van der Waals surface area (Å²) in [7, 11) is 2.70. The number of hydrogen-bond donors (Lipinski definition) is 2. The van der Waals surface area contributed by atoms with Gasteiger partial charge in [-0.15, -0.1) is 0 Å². The van der Waals surface area contributed by atoms with E-state index in [9.17, 15) is 14.7 Å². The Morgan fingerprint density at radius 2 is 1.72 bits per heavy atom. The second-order valence-corrected chi connectivity index (χ2v) is 7.74. The lowest BCUT2D eigenvalue weighted by molar-refractivity contribution is -0.160. The molecule has 0 unspecified atom stereocenters. The molecule has 0 radical (unpaired) electrons. The first-order chi connectivity index (χ1) is 14.0. The minimum atomic E-state index is -1.06. The van der Waals surface area contributed by atoms with Gasteiger partial charge in [0.1, 0.15) is 5.41 Å². The van der Waals surface area contributed by atoms with Gasteiger partial charge in [-0.1, -0.05) is 50.0 Å². The van der Waals surface area contributed by atoms with Crippen LogP contribution in [0.5, 0.6) is 0 Å². The molecule has 0 heterocycles. The van der Waals surface area contributed by atoms with Gasteiger partial charge in [0.25, 0.3) is 0 Å². The van der Waals surface area contributed by atoms with Crippen LogP contribution in [0, 0.1) is 11.3 Å². The van der Waals surface area contributed by atoms with E-state index in [1.807, 2.05) is 12.2 Å². The van der Waals surface area contributed by atoms with Gasteiger partial charge < -0.3 is 19.7 Å². The number of hydrogen-bond acceptors (Lipinski definition) is 6. The van der Waals surface area contributed by atoms with E-state index in [0.717, 1.165) is 57.8 Å². The molecule has 1 rings (SSSR count). The highest BCUT2D eigenvalue weighted by Gasteiger charge is 2.50. The summed E-state index contributed by atoms with van der Waals surface area (Å²) in [6.07, 6.45) is 15.3. The second-order valence-electron chi connectivity index (χ2n) is 7.74. The second kappa shape index (κ2) is 14.3. The number of carbonyl (C=O) groups excluding carboxylic acids is 2. The predicted octanol–water partition coefficient (Wildman–Crippen LogP) is 3.71. The Morgan fingerprint density at radius 3 is 2.34 bits per heavy atom. The molecule has 0 aliphatic heterocycles. The fraction of sp³-hybridized carbons (Fsp3) is 0.739. The summed E-state index contributed by atoms with van der Waals surface area (Å²) in [4.78, 5) is 24.1. The van der Waals surface area contributed by atoms with Gasteiger partial charge in [-0.05, 0) is 44.4 Å². The van der Waals surface area contributed by atoms with E-state index in [2.05, 4.69) is 4.74 Å². The smallest absolute Gasteiger partial charge is 0.318 e. The molecule has 6 heteroatoms. The van der Waals surface area contributed by atoms with E-state index in [-0.39, 0.29) is 31.3 Å². The van der Waals surface area contributed by atoms with Gasteiger partial charge in [0.05, 0.1) is 26.7 Å². The normalized spacial score (nSPS) is 18.2. The number of unbranched alkanes of at least 4 members (excludes halogenated alkanes) is 4. The van der Waals surface area contributed by atoms with Gasteiger partial charge in [0.2, 0.25) is 0 Å². The van der Waals surface area contributed by atoms with Crippen molar-refractivity contribution in [1.82, 2.24) is 0 Å². The van der Waals surface area contributed by atoms with E-state index in [1.165, 1.54) is 14.2 Å². The molecule has 1 fully saturated rings. The van der Waals surface area contributed by atoms with Gasteiger partial charge in [-0.2, -0.15) is 0 Å². The van der Waals surface area contributed by atoms with E-state index in [1.54, 1.807) is 12.2 Å². The molecule has 0 aromatic heterocycles. The molecule has 2 N–H and O–H groups in total. The third-order valence-corrected chi connectivity index (χ3v) is 5.83. The average molecular weight is 411 g/mol. The van der Waals surface area contributed by atoms with Gasteiger partial charge in [-0.3, -0.25) is 9.59 Å². The number of aliphatic hydroxyl groups is 2. The van der Waals surface area contributed by atoms with Crippen molar-refractivity contribution in [2.75, 3.05) is 20.8 Å². The number of esters is 2. The SMILES string of the molecule is COC(=O)C/C=C/C[C@@H](O)[C@](C=CCCCCCCO)(C(=O)OC)C1CCCC1. The summed E-state index contributed by atoms with van der Waals surface area (Å²) in [5, 5.41) is 19.9. The Bertz CT molecular complexity index is 535. The number of allylic oxidation sites excluding steroid dienone is 1. The topological polar surface area (TPSA) is 93.1 Å². The zero-order valence-corrected chi connectivity index (χ0v) is 18.0.